The third-order valence-corrected chi connectivity index (χ3v) is 4.63. The van der Waals surface area contributed by atoms with Crippen LogP contribution in [0.5, 0.6) is 11.5 Å². The molecule has 1 aromatic rings. The highest BCUT2D eigenvalue weighted by Gasteiger charge is 2.20. The van der Waals surface area contributed by atoms with Gasteiger partial charge >= 0.3 is 0 Å². The van der Waals surface area contributed by atoms with Crippen LogP contribution in [0, 0.1) is 0 Å². The minimum Gasteiger partial charge on any atom is -0.495 e. The van der Waals surface area contributed by atoms with Gasteiger partial charge in [-0.25, -0.2) is 0 Å². The third kappa shape index (κ3) is 4.27. The van der Waals surface area contributed by atoms with E-state index in [1.54, 1.807) is 14.2 Å². The smallest absolute Gasteiger partial charge is 0.141 e. The van der Waals surface area contributed by atoms with Crippen LogP contribution in [0.2, 0.25) is 0 Å². The molecule has 6 heteroatoms. The molecule has 1 rings (SSSR count). The Hall–Kier alpha value is -0.430. The maximum Gasteiger partial charge on any atom is 0.141 e. The number of hydrogen-bond acceptors (Lipinski definition) is 5. The van der Waals surface area contributed by atoms with Crippen molar-refractivity contribution in [2.24, 2.45) is 5.84 Å². The monoisotopic (exact) mass is 348 g/mol. The fraction of sp³-hybridized carbons (Fsp3) is 0.538. The summed E-state index contributed by atoms with van der Waals surface area (Å²) >= 11 is 5.35. The van der Waals surface area contributed by atoms with E-state index in [0.29, 0.717) is 5.25 Å². The second-order valence-electron chi connectivity index (χ2n) is 4.31. The quantitative estimate of drug-likeness (QED) is 0.585. The summed E-state index contributed by atoms with van der Waals surface area (Å²) in [5.41, 5.74) is 3.87. The molecule has 0 bridgehead atoms. The molecule has 1 atom stereocenters. The molecule has 4 nitrogen and oxygen atoms in total. The Bertz CT molecular complexity index is 416. The normalized spacial score (nSPS) is 12.6. The van der Waals surface area contributed by atoms with Gasteiger partial charge in [0.1, 0.15) is 16.0 Å². The average molecular weight is 349 g/mol. The molecule has 0 radical (unpaired) electrons. The molecular formula is C13H21BrN2O2S. The van der Waals surface area contributed by atoms with Crippen molar-refractivity contribution >= 4 is 27.7 Å². The Morgan fingerprint density at radius 2 is 2.00 bits per heavy atom. The van der Waals surface area contributed by atoms with E-state index >= 15 is 0 Å². The van der Waals surface area contributed by atoms with E-state index in [1.807, 2.05) is 23.9 Å². The summed E-state index contributed by atoms with van der Waals surface area (Å²) in [5.74, 6) is 8.05. The zero-order chi connectivity index (χ0) is 14.4. The fourth-order valence-electron chi connectivity index (χ4n) is 1.71. The molecule has 0 saturated carbocycles. The molecule has 0 aliphatic rings. The zero-order valence-corrected chi connectivity index (χ0v) is 14.1. The number of thioether (sulfide) groups is 1. The Morgan fingerprint density at radius 1 is 1.32 bits per heavy atom. The number of halogens is 1. The van der Waals surface area contributed by atoms with Crippen molar-refractivity contribution < 1.29 is 9.47 Å². The minimum absolute atomic E-state index is 0.0320. The highest BCUT2D eigenvalue weighted by Crippen LogP contribution is 2.40. The van der Waals surface area contributed by atoms with Crippen molar-refractivity contribution in [3.63, 3.8) is 0 Å². The van der Waals surface area contributed by atoms with E-state index in [2.05, 4.69) is 35.2 Å². The largest absolute Gasteiger partial charge is 0.495 e. The fourth-order valence-corrected chi connectivity index (χ4v) is 3.25. The van der Waals surface area contributed by atoms with Crippen molar-refractivity contribution in [1.29, 1.82) is 0 Å². The number of benzene rings is 1. The molecule has 1 aromatic carbocycles. The van der Waals surface area contributed by atoms with Crippen LogP contribution in [-0.2, 0) is 0 Å². The van der Waals surface area contributed by atoms with Gasteiger partial charge < -0.3 is 9.47 Å². The Balaban J connectivity index is 3.06. The van der Waals surface area contributed by atoms with Crippen molar-refractivity contribution in [2.45, 2.75) is 25.1 Å². The van der Waals surface area contributed by atoms with Gasteiger partial charge in [-0.15, -0.1) is 0 Å². The van der Waals surface area contributed by atoms with E-state index in [0.717, 1.165) is 27.3 Å². The Labute approximate surface area is 127 Å². The van der Waals surface area contributed by atoms with Gasteiger partial charge in [-0.05, 0) is 33.3 Å². The lowest BCUT2D eigenvalue weighted by Gasteiger charge is -2.21. The molecule has 108 valence electrons. The molecule has 0 spiro atoms. The summed E-state index contributed by atoms with van der Waals surface area (Å²) in [6.07, 6.45) is 0. The first-order valence-electron chi connectivity index (χ1n) is 6.03. The number of hydrogen-bond donors (Lipinski definition) is 2. The summed E-state index contributed by atoms with van der Waals surface area (Å²) in [4.78, 5) is 0. The van der Waals surface area contributed by atoms with Crippen LogP contribution >= 0.6 is 27.7 Å². The lowest BCUT2D eigenvalue weighted by Crippen LogP contribution is -2.30. The maximum absolute atomic E-state index is 5.67. The van der Waals surface area contributed by atoms with Crippen molar-refractivity contribution in [1.82, 2.24) is 5.43 Å². The lowest BCUT2D eigenvalue weighted by molar-refractivity contribution is 0.382. The molecule has 0 fully saturated rings. The van der Waals surface area contributed by atoms with Gasteiger partial charge in [-0.1, -0.05) is 13.8 Å². The minimum atomic E-state index is 0.0320. The van der Waals surface area contributed by atoms with Gasteiger partial charge in [0.25, 0.3) is 0 Å². The first kappa shape index (κ1) is 16.6. The van der Waals surface area contributed by atoms with E-state index < -0.39 is 0 Å². The summed E-state index contributed by atoms with van der Waals surface area (Å²) in [6.45, 7) is 4.33. The van der Waals surface area contributed by atoms with Crippen LogP contribution in [0.4, 0.5) is 0 Å². The van der Waals surface area contributed by atoms with Crippen LogP contribution in [0.1, 0.15) is 25.5 Å². The van der Waals surface area contributed by atoms with Gasteiger partial charge in [0.05, 0.1) is 20.3 Å². The number of nitrogens with two attached hydrogens (primary N) is 1. The molecule has 19 heavy (non-hydrogen) atoms. The van der Waals surface area contributed by atoms with Gasteiger partial charge in [0.15, 0.2) is 0 Å². The lowest BCUT2D eigenvalue weighted by atomic mass is 10.1. The number of hydrazine groups is 1. The number of rotatable bonds is 7. The predicted octanol–water partition coefficient (Wildman–Crippen LogP) is 3.11. The van der Waals surface area contributed by atoms with Crippen molar-refractivity contribution in [3.8, 4) is 11.5 Å². The first-order valence-corrected chi connectivity index (χ1v) is 7.87. The Morgan fingerprint density at radius 3 is 2.47 bits per heavy atom. The molecule has 0 aliphatic heterocycles. The van der Waals surface area contributed by atoms with Crippen LogP contribution in [-0.4, -0.2) is 25.2 Å². The number of ether oxygens (including phenoxy) is 2. The Kier molecular flexibility index (Phi) is 6.99. The van der Waals surface area contributed by atoms with Crippen LogP contribution < -0.4 is 20.7 Å². The summed E-state index contributed by atoms with van der Waals surface area (Å²) in [5, 5.41) is 0.559. The summed E-state index contributed by atoms with van der Waals surface area (Å²) in [6, 6.07) is 3.92. The van der Waals surface area contributed by atoms with Crippen molar-refractivity contribution in [3.05, 3.63) is 22.2 Å². The molecule has 0 saturated heterocycles. The molecule has 0 heterocycles. The van der Waals surface area contributed by atoms with Crippen molar-refractivity contribution in [2.75, 3.05) is 20.0 Å². The van der Waals surface area contributed by atoms with Gasteiger partial charge in [-0.3, -0.25) is 11.3 Å². The van der Waals surface area contributed by atoms with Gasteiger partial charge in [0.2, 0.25) is 0 Å². The SMILES string of the molecule is COc1ccc(C(CSC(C)C)NN)c(OC)c1Br. The molecule has 3 N–H and O–H groups in total. The number of methoxy groups -OCH3 is 2. The molecule has 0 amide bonds. The summed E-state index contributed by atoms with van der Waals surface area (Å²) < 4.78 is 11.6. The third-order valence-electron chi connectivity index (χ3n) is 2.69. The van der Waals surface area contributed by atoms with Crippen LogP contribution in [0.15, 0.2) is 16.6 Å². The average Bonchev–Trinajstić information content (AvgIpc) is 2.39. The highest BCUT2D eigenvalue weighted by molar-refractivity contribution is 9.10. The number of nitrogens with one attached hydrogen (secondary N) is 1. The molecular weight excluding hydrogens is 328 g/mol. The topological polar surface area (TPSA) is 56.5 Å². The van der Waals surface area contributed by atoms with Gasteiger partial charge in [-0.2, -0.15) is 11.8 Å². The molecule has 1 unspecified atom stereocenters. The van der Waals surface area contributed by atoms with Gasteiger partial charge in [0, 0.05) is 11.3 Å². The molecule has 0 aromatic heterocycles. The first-order chi connectivity index (χ1) is 9.04. The summed E-state index contributed by atoms with van der Waals surface area (Å²) in [7, 11) is 3.28. The zero-order valence-electron chi connectivity index (χ0n) is 11.7. The maximum atomic E-state index is 5.67. The molecule has 0 aliphatic carbocycles. The second-order valence-corrected chi connectivity index (χ2v) is 6.71. The standard InChI is InChI=1S/C13H21BrN2O2S/c1-8(2)19-7-10(16-15)9-5-6-11(17-3)12(14)13(9)18-4/h5-6,8,10,16H,7,15H2,1-4H3. The second kappa shape index (κ2) is 7.99. The van der Waals surface area contributed by atoms with Crippen LogP contribution in [0.3, 0.4) is 0 Å². The van der Waals surface area contributed by atoms with E-state index in [4.69, 9.17) is 15.3 Å². The highest BCUT2D eigenvalue weighted by atomic mass is 79.9. The van der Waals surface area contributed by atoms with E-state index in [1.165, 1.54) is 0 Å². The van der Waals surface area contributed by atoms with E-state index in [9.17, 15) is 0 Å². The predicted molar refractivity (Wildman–Crippen MR) is 84.9 cm³/mol. The van der Waals surface area contributed by atoms with Crippen LogP contribution in [0.25, 0.3) is 0 Å². The van der Waals surface area contributed by atoms with E-state index in [-0.39, 0.29) is 6.04 Å².